The second-order valence-corrected chi connectivity index (χ2v) is 6.31. The number of nitrogens with zero attached hydrogens (tertiary/aromatic N) is 2. The van der Waals surface area contributed by atoms with Gasteiger partial charge in [0.25, 0.3) is 0 Å². The van der Waals surface area contributed by atoms with Gasteiger partial charge in [0.2, 0.25) is 5.91 Å². The Morgan fingerprint density at radius 3 is 2.61 bits per heavy atom. The van der Waals surface area contributed by atoms with E-state index < -0.39 is 0 Å². The Labute approximate surface area is 143 Å². The lowest BCUT2D eigenvalue weighted by atomic mass is 10.1. The summed E-state index contributed by atoms with van der Waals surface area (Å²) in [5.41, 5.74) is 0.665. The van der Waals surface area contributed by atoms with Crippen LogP contribution in [-0.2, 0) is 4.79 Å². The molecular weight excluding hydrogens is 314 g/mol. The van der Waals surface area contributed by atoms with Crippen molar-refractivity contribution in [2.45, 2.75) is 25.8 Å². The van der Waals surface area contributed by atoms with E-state index >= 15 is 0 Å². The largest absolute Gasteiger partial charge is 0.395 e. The van der Waals surface area contributed by atoms with Crippen LogP contribution in [-0.4, -0.2) is 66.2 Å². The van der Waals surface area contributed by atoms with Crippen LogP contribution in [0.5, 0.6) is 0 Å². The zero-order valence-electron chi connectivity index (χ0n) is 13.7. The van der Waals surface area contributed by atoms with Crippen molar-refractivity contribution in [3.05, 3.63) is 29.3 Å². The number of aliphatic hydroxyl groups excluding tert-OH is 1. The highest BCUT2D eigenvalue weighted by molar-refractivity contribution is 6.33. The number of nitrogens with one attached hydrogen (secondary N) is 1. The smallest absolute Gasteiger partial charge is 0.225 e. The quantitative estimate of drug-likeness (QED) is 0.798. The van der Waals surface area contributed by atoms with Gasteiger partial charge >= 0.3 is 0 Å². The van der Waals surface area contributed by atoms with E-state index in [0.717, 1.165) is 39.1 Å². The fourth-order valence-electron chi connectivity index (χ4n) is 2.89. The van der Waals surface area contributed by atoms with E-state index in [-0.39, 0.29) is 18.6 Å². The molecule has 1 heterocycles. The fraction of sp³-hybridized carbons (Fsp3) is 0.588. The highest BCUT2D eigenvalue weighted by Crippen LogP contribution is 2.20. The molecule has 1 aromatic rings. The molecule has 6 heteroatoms. The average molecular weight is 340 g/mol. The van der Waals surface area contributed by atoms with Gasteiger partial charge in [0, 0.05) is 45.2 Å². The molecule has 1 atom stereocenters. The molecule has 1 saturated heterocycles. The molecule has 0 aromatic heterocycles. The van der Waals surface area contributed by atoms with Gasteiger partial charge in [-0.25, -0.2) is 0 Å². The average Bonchev–Trinajstić information content (AvgIpc) is 2.57. The molecule has 1 amide bonds. The predicted molar refractivity (Wildman–Crippen MR) is 93.9 cm³/mol. The number of anilines is 1. The van der Waals surface area contributed by atoms with Crippen molar-refractivity contribution in [1.29, 1.82) is 0 Å². The lowest BCUT2D eigenvalue weighted by Gasteiger charge is -2.38. The van der Waals surface area contributed by atoms with Gasteiger partial charge in [-0.15, -0.1) is 0 Å². The lowest BCUT2D eigenvalue weighted by Crippen LogP contribution is -2.51. The molecule has 0 bridgehead atoms. The molecule has 2 rings (SSSR count). The molecule has 0 saturated carbocycles. The maximum atomic E-state index is 12.0. The summed E-state index contributed by atoms with van der Waals surface area (Å²) in [5.74, 6) is -0.0117. The number of rotatable bonds is 7. The molecular formula is C17H26ClN3O2. The van der Waals surface area contributed by atoms with Crippen LogP contribution in [0.4, 0.5) is 5.69 Å². The minimum absolute atomic E-state index is 0.0117. The Hall–Kier alpha value is -1.14. The van der Waals surface area contributed by atoms with Crippen molar-refractivity contribution < 1.29 is 9.90 Å². The van der Waals surface area contributed by atoms with Crippen LogP contribution >= 0.6 is 11.6 Å². The number of hydrogen-bond acceptors (Lipinski definition) is 4. The van der Waals surface area contributed by atoms with Gasteiger partial charge in [-0.2, -0.15) is 0 Å². The fourth-order valence-corrected chi connectivity index (χ4v) is 3.07. The summed E-state index contributed by atoms with van der Waals surface area (Å²) < 4.78 is 0. The zero-order chi connectivity index (χ0) is 16.7. The second kappa shape index (κ2) is 9.23. The van der Waals surface area contributed by atoms with Crippen molar-refractivity contribution in [2.75, 3.05) is 44.6 Å². The molecule has 1 fully saturated rings. The maximum Gasteiger partial charge on any atom is 0.225 e. The van der Waals surface area contributed by atoms with E-state index in [9.17, 15) is 9.90 Å². The zero-order valence-corrected chi connectivity index (χ0v) is 14.4. The van der Waals surface area contributed by atoms with Gasteiger partial charge in [-0.1, -0.05) is 30.7 Å². The van der Waals surface area contributed by atoms with Crippen LogP contribution in [0.1, 0.15) is 19.8 Å². The first-order chi connectivity index (χ1) is 11.1. The number of aliphatic hydroxyl groups is 1. The van der Waals surface area contributed by atoms with E-state index in [1.807, 2.05) is 12.1 Å². The SMILES string of the molecule is CCC(CO)N1CCN(CCC(=O)Nc2ccccc2Cl)CC1. The number of benzene rings is 1. The third-order valence-corrected chi connectivity index (χ3v) is 4.74. The standard InChI is InChI=1S/C17H26ClN3O2/c1-2-14(13-22)21-11-9-20(10-12-21)8-7-17(23)19-16-6-4-3-5-15(16)18/h3-6,14,22H,2,7-13H2,1H3,(H,19,23). The minimum atomic E-state index is -0.0117. The normalized spacial score (nSPS) is 17.9. The first-order valence-corrected chi connectivity index (χ1v) is 8.63. The van der Waals surface area contributed by atoms with E-state index in [2.05, 4.69) is 22.0 Å². The van der Waals surface area contributed by atoms with Crippen LogP contribution in [0.2, 0.25) is 5.02 Å². The van der Waals surface area contributed by atoms with Crippen LogP contribution in [0, 0.1) is 0 Å². The highest BCUT2D eigenvalue weighted by atomic mass is 35.5. The lowest BCUT2D eigenvalue weighted by molar-refractivity contribution is -0.116. The van der Waals surface area contributed by atoms with Crippen LogP contribution in [0.3, 0.4) is 0 Å². The monoisotopic (exact) mass is 339 g/mol. The Bertz CT molecular complexity index is 500. The summed E-state index contributed by atoms with van der Waals surface area (Å²) in [6, 6.07) is 7.53. The van der Waals surface area contributed by atoms with Gasteiger partial charge in [0.1, 0.15) is 0 Å². The van der Waals surface area contributed by atoms with Crippen LogP contribution in [0.25, 0.3) is 0 Å². The van der Waals surface area contributed by atoms with Crippen LogP contribution < -0.4 is 5.32 Å². The molecule has 2 N–H and O–H groups in total. The number of piperazine rings is 1. The van der Waals surface area contributed by atoms with Gasteiger partial charge in [0.05, 0.1) is 17.3 Å². The molecule has 128 valence electrons. The topological polar surface area (TPSA) is 55.8 Å². The van der Waals surface area contributed by atoms with Crippen molar-refractivity contribution in [1.82, 2.24) is 9.80 Å². The summed E-state index contributed by atoms with van der Waals surface area (Å²) >= 11 is 6.04. The summed E-state index contributed by atoms with van der Waals surface area (Å²) in [4.78, 5) is 16.7. The number of carbonyl (C=O) groups excluding carboxylic acids is 1. The van der Waals surface area contributed by atoms with Gasteiger partial charge in [-0.3, -0.25) is 9.69 Å². The van der Waals surface area contributed by atoms with Crippen molar-refractivity contribution in [3.63, 3.8) is 0 Å². The van der Waals surface area contributed by atoms with Crippen molar-refractivity contribution >= 4 is 23.2 Å². The van der Waals surface area contributed by atoms with Crippen molar-refractivity contribution in [3.8, 4) is 0 Å². The molecule has 0 spiro atoms. The molecule has 1 aliphatic heterocycles. The maximum absolute atomic E-state index is 12.0. The Morgan fingerprint density at radius 2 is 2.00 bits per heavy atom. The number of amides is 1. The van der Waals surface area contributed by atoms with Gasteiger partial charge in [0.15, 0.2) is 0 Å². The Balaban J connectivity index is 1.71. The van der Waals surface area contributed by atoms with E-state index in [1.165, 1.54) is 0 Å². The predicted octanol–water partition coefficient (Wildman–Crippen LogP) is 2.06. The van der Waals surface area contributed by atoms with Gasteiger partial charge < -0.3 is 15.3 Å². The third-order valence-electron chi connectivity index (χ3n) is 4.41. The molecule has 1 aliphatic rings. The van der Waals surface area contributed by atoms with E-state index in [4.69, 9.17) is 11.6 Å². The summed E-state index contributed by atoms with van der Waals surface area (Å²) in [5, 5.41) is 12.8. The first kappa shape index (κ1) is 18.2. The highest BCUT2D eigenvalue weighted by Gasteiger charge is 2.22. The molecule has 23 heavy (non-hydrogen) atoms. The van der Waals surface area contributed by atoms with E-state index in [0.29, 0.717) is 17.1 Å². The number of para-hydroxylation sites is 1. The summed E-state index contributed by atoms with van der Waals surface area (Å²) in [6.45, 7) is 6.85. The molecule has 0 radical (unpaired) electrons. The molecule has 5 nitrogen and oxygen atoms in total. The molecule has 0 aliphatic carbocycles. The first-order valence-electron chi connectivity index (χ1n) is 8.25. The molecule has 1 aromatic carbocycles. The van der Waals surface area contributed by atoms with E-state index in [1.54, 1.807) is 12.1 Å². The number of carbonyl (C=O) groups is 1. The summed E-state index contributed by atoms with van der Waals surface area (Å²) in [6.07, 6.45) is 1.43. The summed E-state index contributed by atoms with van der Waals surface area (Å²) in [7, 11) is 0. The Kier molecular flexibility index (Phi) is 7.30. The van der Waals surface area contributed by atoms with Crippen LogP contribution in [0.15, 0.2) is 24.3 Å². The number of hydrogen-bond donors (Lipinski definition) is 2. The second-order valence-electron chi connectivity index (χ2n) is 5.90. The number of halogens is 1. The van der Waals surface area contributed by atoms with Crippen molar-refractivity contribution in [2.24, 2.45) is 0 Å². The van der Waals surface area contributed by atoms with Gasteiger partial charge in [-0.05, 0) is 18.6 Å². The minimum Gasteiger partial charge on any atom is -0.395 e. The molecule has 1 unspecified atom stereocenters. The Morgan fingerprint density at radius 1 is 1.30 bits per heavy atom. The third kappa shape index (κ3) is 5.46.